The SMILES string of the molecule is CCCC1(C)Oc2ccc(Cl)cc2C2CC(c3ccc(F)cc3)=NN21. The Hall–Kier alpha value is -2.07. The number of rotatable bonds is 3. The molecule has 0 spiro atoms. The van der Waals surface area contributed by atoms with E-state index in [0.29, 0.717) is 5.02 Å². The fraction of sp³-hybridized carbons (Fsp3) is 0.350. The minimum atomic E-state index is -0.498. The molecule has 0 N–H and O–H groups in total. The number of hydrazone groups is 1. The molecule has 0 radical (unpaired) electrons. The first kappa shape index (κ1) is 16.4. The summed E-state index contributed by atoms with van der Waals surface area (Å²) in [5, 5.41) is 7.62. The predicted molar refractivity (Wildman–Crippen MR) is 97.5 cm³/mol. The van der Waals surface area contributed by atoms with Crippen LogP contribution in [0.5, 0.6) is 5.75 Å². The van der Waals surface area contributed by atoms with Crippen LogP contribution in [0.15, 0.2) is 47.6 Å². The van der Waals surface area contributed by atoms with Crippen molar-refractivity contribution in [2.45, 2.75) is 44.9 Å². The molecule has 3 nitrogen and oxygen atoms in total. The van der Waals surface area contributed by atoms with Crippen molar-refractivity contribution in [1.29, 1.82) is 0 Å². The standard InChI is InChI=1S/C20H20ClFN2O/c1-3-10-20(2)24-18(16-11-14(21)6-9-19(16)25-20)12-17(23-24)13-4-7-15(22)8-5-13/h4-9,11,18H,3,10,12H2,1-2H3. The minimum absolute atomic E-state index is 0.0825. The van der Waals surface area contributed by atoms with Gasteiger partial charge in [0.1, 0.15) is 11.6 Å². The average Bonchev–Trinajstić information content (AvgIpc) is 3.03. The summed E-state index contributed by atoms with van der Waals surface area (Å²) in [7, 11) is 0. The first-order chi connectivity index (χ1) is 12.0. The highest BCUT2D eigenvalue weighted by molar-refractivity contribution is 6.30. The van der Waals surface area contributed by atoms with Crippen LogP contribution in [0.1, 0.15) is 50.3 Å². The molecule has 2 aliphatic rings. The number of nitrogens with zero attached hydrogens (tertiary/aromatic N) is 2. The zero-order valence-electron chi connectivity index (χ0n) is 14.3. The van der Waals surface area contributed by atoms with E-state index in [1.807, 2.05) is 18.2 Å². The first-order valence-electron chi connectivity index (χ1n) is 8.61. The Kier molecular flexibility index (Phi) is 3.95. The van der Waals surface area contributed by atoms with Crippen molar-refractivity contribution in [2.75, 3.05) is 0 Å². The molecular weight excluding hydrogens is 339 g/mol. The highest BCUT2D eigenvalue weighted by Crippen LogP contribution is 2.48. The van der Waals surface area contributed by atoms with Gasteiger partial charge in [0.05, 0.1) is 11.8 Å². The van der Waals surface area contributed by atoms with Crippen molar-refractivity contribution in [3.8, 4) is 5.75 Å². The third kappa shape index (κ3) is 2.78. The van der Waals surface area contributed by atoms with Crippen LogP contribution >= 0.6 is 11.6 Å². The van der Waals surface area contributed by atoms with Crippen LogP contribution in [0.4, 0.5) is 4.39 Å². The Labute approximate surface area is 152 Å². The number of halogens is 2. The number of hydrogen-bond acceptors (Lipinski definition) is 3. The van der Waals surface area contributed by atoms with E-state index in [-0.39, 0.29) is 11.9 Å². The molecule has 2 aromatic rings. The molecule has 130 valence electrons. The van der Waals surface area contributed by atoms with Crippen LogP contribution < -0.4 is 4.74 Å². The summed E-state index contributed by atoms with van der Waals surface area (Å²) in [5.74, 6) is 0.633. The van der Waals surface area contributed by atoms with Gasteiger partial charge in [-0.1, -0.05) is 37.1 Å². The molecule has 2 aromatic carbocycles. The lowest BCUT2D eigenvalue weighted by Gasteiger charge is -2.45. The molecule has 0 fully saturated rings. The summed E-state index contributed by atoms with van der Waals surface area (Å²) >= 11 is 6.22. The van der Waals surface area contributed by atoms with E-state index in [1.54, 1.807) is 12.1 Å². The molecule has 25 heavy (non-hydrogen) atoms. The Morgan fingerprint density at radius 2 is 2.04 bits per heavy atom. The Morgan fingerprint density at radius 1 is 1.28 bits per heavy atom. The smallest absolute Gasteiger partial charge is 0.195 e. The molecule has 0 amide bonds. The van der Waals surface area contributed by atoms with Crippen molar-refractivity contribution in [2.24, 2.45) is 5.10 Å². The summed E-state index contributed by atoms with van der Waals surface area (Å²) < 4.78 is 19.6. The van der Waals surface area contributed by atoms with E-state index in [2.05, 4.69) is 18.9 Å². The number of ether oxygens (including phenoxy) is 1. The summed E-state index contributed by atoms with van der Waals surface area (Å²) in [6, 6.07) is 12.4. The second-order valence-electron chi connectivity index (χ2n) is 6.83. The van der Waals surface area contributed by atoms with Gasteiger partial charge in [-0.05, 0) is 42.8 Å². The molecular formula is C20H20ClFN2O. The van der Waals surface area contributed by atoms with Crippen molar-refractivity contribution in [1.82, 2.24) is 5.01 Å². The highest BCUT2D eigenvalue weighted by atomic mass is 35.5. The summed E-state index contributed by atoms with van der Waals surface area (Å²) in [6.45, 7) is 4.22. The van der Waals surface area contributed by atoms with Gasteiger partial charge in [-0.15, -0.1) is 0 Å². The molecule has 2 heterocycles. The maximum Gasteiger partial charge on any atom is 0.195 e. The van der Waals surface area contributed by atoms with Crippen LogP contribution in [0.3, 0.4) is 0 Å². The van der Waals surface area contributed by atoms with Crippen LogP contribution in [-0.2, 0) is 0 Å². The fourth-order valence-electron chi connectivity index (χ4n) is 3.79. The van der Waals surface area contributed by atoms with Crippen LogP contribution in [0, 0.1) is 5.82 Å². The lowest BCUT2D eigenvalue weighted by molar-refractivity contribution is -0.111. The van der Waals surface area contributed by atoms with E-state index >= 15 is 0 Å². The van der Waals surface area contributed by atoms with Gasteiger partial charge in [-0.3, -0.25) is 0 Å². The molecule has 2 aliphatic heterocycles. The van der Waals surface area contributed by atoms with Gasteiger partial charge in [-0.25, -0.2) is 9.40 Å². The quantitative estimate of drug-likeness (QED) is 0.719. The number of fused-ring (bicyclic) bond motifs is 3. The van der Waals surface area contributed by atoms with Gasteiger partial charge in [0.25, 0.3) is 0 Å². The Bertz CT molecular complexity index is 836. The number of hydrogen-bond donors (Lipinski definition) is 0. The molecule has 5 heteroatoms. The molecule has 0 aromatic heterocycles. The summed E-state index contributed by atoms with van der Waals surface area (Å²) in [5.41, 5.74) is 2.45. The van der Waals surface area contributed by atoms with E-state index in [9.17, 15) is 4.39 Å². The largest absolute Gasteiger partial charge is 0.466 e. The van der Waals surface area contributed by atoms with Crippen molar-refractivity contribution in [3.63, 3.8) is 0 Å². The minimum Gasteiger partial charge on any atom is -0.466 e. The maximum atomic E-state index is 13.2. The second kappa shape index (κ2) is 6.03. The molecule has 0 saturated heterocycles. The maximum absolute atomic E-state index is 13.2. The summed E-state index contributed by atoms with van der Waals surface area (Å²) in [6.07, 6.45) is 2.61. The third-order valence-electron chi connectivity index (χ3n) is 4.95. The molecule has 2 unspecified atom stereocenters. The van der Waals surface area contributed by atoms with Gasteiger partial charge >= 0.3 is 0 Å². The van der Waals surface area contributed by atoms with E-state index in [1.165, 1.54) is 12.1 Å². The second-order valence-corrected chi connectivity index (χ2v) is 7.26. The van der Waals surface area contributed by atoms with Crippen molar-refractivity contribution < 1.29 is 9.13 Å². The van der Waals surface area contributed by atoms with Crippen LogP contribution in [-0.4, -0.2) is 16.4 Å². The Balaban J connectivity index is 1.78. The van der Waals surface area contributed by atoms with E-state index in [4.69, 9.17) is 21.4 Å². The normalized spacial score (nSPS) is 24.4. The van der Waals surface area contributed by atoms with E-state index in [0.717, 1.165) is 41.9 Å². The van der Waals surface area contributed by atoms with Crippen molar-refractivity contribution in [3.05, 3.63) is 64.4 Å². The zero-order valence-corrected chi connectivity index (χ0v) is 15.1. The lowest BCUT2D eigenvalue weighted by atomic mass is 9.94. The molecule has 0 saturated carbocycles. The lowest BCUT2D eigenvalue weighted by Crippen LogP contribution is -2.51. The van der Waals surface area contributed by atoms with Gasteiger partial charge in [0.2, 0.25) is 0 Å². The fourth-order valence-corrected chi connectivity index (χ4v) is 3.97. The van der Waals surface area contributed by atoms with Gasteiger partial charge in [0, 0.05) is 23.4 Å². The predicted octanol–water partition coefficient (Wildman–Crippen LogP) is 5.54. The zero-order chi connectivity index (χ0) is 17.6. The monoisotopic (exact) mass is 358 g/mol. The molecule has 0 aliphatic carbocycles. The van der Waals surface area contributed by atoms with E-state index < -0.39 is 5.72 Å². The van der Waals surface area contributed by atoms with Crippen LogP contribution in [0.2, 0.25) is 5.02 Å². The molecule has 0 bridgehead atoms. The molecule has 4 rings (SSSR count). The third-order valence-corrected chi connectivity index (χ3v) is 5.18. The van der Waals surface area contributed by atoms with Crippen LogP contribution in [0.25, 0.3) is 0 Å². The first-order valence-corrected chi connectivity index (χ1v) is 8.99. The highest BCUT2D eigenvalue weighted by Gasteiger charge is 2.47. The molecule has 2 atom stereocenters. The van der Waals surface area contributed by atoms with Crippen molar-refractivity contribution >= 4 is 17.3 Å². The summed E-state index contributed by atoms with van der Waals surface area (Å²) in [4.78, 5) is 0. The topological polar surface area (TPSA) is 24.8 Å². The van der Waals surface area contributed by atoms with Gasteiger partial charge in [0.15, 0.2) is 5.72 Å². The van der Waals surface area contributed by atoms with Gasteiger partial charge < -0.3 is 4.74 Å². The number of benzene rings is 2. The Morgan fingerprint density at radius 3 is 2.76 bits per heavy atom. The van der Waals surface area contributed by atoms with Gasteiger partial charge in [-0.2, -0.15) is 5.10 Å². The average molecular weight is 359 g/mol.